The van der Waals surface area contributed by atoms with E-state index in [0.29, 0.717) is 0 Å². The second-order valence-corrected chi connectivity index (χ2v) is 6.36. The molecule has 0 aliphatic carbocycles. The Morgan fingerprint density at radius 1 is 1.33 bits per heavy atom. The van der Waals surface area contributed by atoms with Gasteiger partial charge in [-0.1, -0.05) is 6.07 Å². The third-order valence-corrected chi connectivity index (χ3v) is 4.45. The molecule has 0 spiro atoms. The second-order valence-electron chi connectivity index (χ2n) is 6.36. The molecule has 0 fully saturated rings. The third-order valence-electron chi connectivity index (χ3n) is 4.45. The third kappa shape index (κ3) is 4.37. The molecule has 0 bridgehead atoms. The molecule has 0 saturated carbocycles. The molecule has 1 amide bonds. The van der Waals surface area contributed by atoms with Crippen LogP contribution in [-0.4, -0.2) is 54.1 Å². The monoisotopic (exact) mass is 337 g/mol. The highest BCUT2D eigenvalue weighted by Gasteiger charge is 2.24. The summed E-state index contributed by atoms with van der Waals surface area (Å²) < 4.78 is 10.7. The van der Waals surface area contributed by atoms with Crippen molar-refractivity contribution in [2.75, 3.05) is 13.8 Å². The summed E-state index contributed by atoms with van der Waals surface area (Å²) in [5, 5.41) is 12.2. The number of carbonyl (C=O) groups excluding carboxylic acids is 1. The van der Waals surface area contributed by atoms with Crippen LogP contribution >= 0.6 is 0 Å². The van der Waals surface area contributed by atoms with Crippen LogP contribution in [0.1, 0.15) is 26.3 Å². The molecule has 4 N–H and O–H groups in total. The number of nitrogens with one attached hydrogen (secondary N) is 1. The fourth-order valence-corrected chi connectivity index (χ4v) is 2.56. The van der Waals surface area contributed by atoms with Crippen molar-refractivity contribution in [2.45, 2.75) is 51.5 Å². The maximum Gasteiger partial charge on any atom is 0.240 e. The molecule has 7 heteroatoms. The van der Waals surface area contributed by atoms with E-state index < -0.39 is 12.1 Å². The second kappa shape index (κ2) is 7.83. The van der Waals surface area contributed by atoms with Gasteiger partial charge in [0.05, 0.1) is 12.3 Å². The molecule has 1 aliphatic rings. The Labute approximate surface area is 142 Å². The molecule has 1 aromatic carbocycles. The van der Waals surface area contributed by atoms with Crippen LogP contribution in [0.4, 0.5) is 0 Å². The number of fused-ring (bicyclic) bond motifs is 1. The Balaban J connectivity index is 1.91. The predicted molar refractivity (Wildman–Crippen MR) is 90.8 cm³/mol. The van der Waals surface area contributed by atoms with Crippen molar-refractivity contribution >= 4 is 5.91 Å². The van der Waals surface area contributed by atoms with Crippen LogP contribution < -0.4 is 20.5 Å². The average molecular weight is 337 g/mol. The van der Waals surface area contributed by atoms with Crippen molar-refractivity contribution in [3.05, 3.63) is 23.8 Å². The quantitative estimate of drug-likeness (QED) is 0.625. The van der Waals surface area contributed by atoms with Crippen LogP contribution in [0.15, 0.2) is 18.2 Å². The van der Waals surface area contributed by atoms with Gasteiger partial charge in [-0.05, 0) is 51.9 Å². The van der Waals surface area contributed by atoms with Crippen LogP contribution in [0, 0.1) is 0 Å². The van der Waals surface area contributed by atoms with Crippen molar-refractivity contribution < 1.29 is 19.4 Å². The first-order chi connectivity index (χ1) is 11.3. The SMILES string of the molecule is CC(O)C(N)C(=O)NC(C)N(C)C(C)Cc1ccc2c(c1)OCO2. The lowest BCUT2D eigenvalue weighted by Crippen LogP contribution is -2.55. The summed E-state index contributed by atoms with van der Waals surface area (Å²) in [7, 11) is 1.94. The summed E-state index contributed by atoms with van der Waals surface area (Å²) >= 11 is 0. The fourth-order valence-electron chi connectivity index (χ4n) is 2.56. The van der Waals surface area contributed by atoms with Crippen molar-refractivity contribution in [1.82, 2.24) is 10.2 Å². The molecule has 1 aromatic rings. The van der Waals surface area contributed by atoms with E-state index in [1.165, 1.54) is 6.92 Å². The Morgan fingerprint density at radius 2 is 2.00 bits per heavy atom. The van der Waals surface area contributed by atoms with Gasteiger partial charge < -0.3 is 25.6 Å². The Hall–Kier alpha value is -1.83. The van der Waals surface area contributed by atoms with E-state index >= 15 is 0 Å². The molecule has 1 heterocycles. The van der Waals surface area contributed by atoms with Crippen molar-refractivity contribution in [1.29, 1.82) is 0 Å². The maximum absolute atomic E-state index is 12.0. The zero-order chi connectivity index (χ0) is 17.9. The summed E-state index contributed by atoms with van der Waals surface area (Å²) in [6.07, 6.45) is -0.282. The van der Waals surface area contributed by atoms with Crippen molar-refractivity contribution in [3.63, 3.8) is 0 Å². The molecule has 0 radical (unpaired) electrons. The Morgan fingerprint density at radius 3 is 2.67 bits per heavy atom. The predicted octanol–water partition coefficient (Wildman–Crippen LogP) is 0.448. The van der Waals surface area contributed by atoms with Gasteiger partial charge in [-0.2, -0.15) is 0 Å². The Bertz CT molecular complexity index is 579. The first-order valence-corrected chi connectivity index (χ1v) is 8.14. The molecule has 7 nitrogen and oxygen atoms in total. The molecule has 4 unspecified atom stereocenters. The van der Waals surface area contributed by atoms with E-state index in [2.05, 4.69) is 17.1 Å². The van der Waals surface area contributed by atoms with Crippen molar-refractivity contribution in [2.24, 2.45) is 5.73 Å². The summed E-state index contributed by atoms with van der Waals surface area (Å²) in [4.78, 5) is 14.0. The highest BCUT2D eigenvalue weighted by atomic mass is 16.7. The summed E-state index contributed by atoms with van der Waals surface area (Å²) in [6, 6.07) is 5.18. The number of nitrogens with zero attached hydrogens (tertiary/aromatic N) is 1. The lowest BCUT2D eigenvalue weighted by Gasteiger charge is -2.32. The molecule has 0 aromatic heterocycles. The molecule has 4 atom stereocenters. The molecular formula is C17H27N3O4. The standard InChI is InChI=1S/C17H27N3O4/c1-10(7-13-5-6-14-15(8-13)24-9-23-14)20(4)12(3)19-17(22)16(18)11(2)21/h5-6,8,10-12,16,21H,7,9,18H2,1-4H3,(H,19,22). The van der Waals surface area contributed by atoms with Gasteiger partial charge in [0.1, 0.15) is 6.04 Å². The Kier molecular flexibility index (Phi) is 6.04. The van der Waals surface area contributed by atoms with Gasteiger partial charge in [-0.25, -0.2) is 0 Å². The summed E-state index contributed by atoms with van der Waals surface area (Å²) in [6.45, 7) is 5.74. The van der Waals surface area contributed by atoms with Gasteiger partial charge in [-0.15, -0.1) is 0 Å². The first kappa shape index (κ1) is 18.5. The van der Waals surface area contributed by atoms with Gasteiger partial charge in [0, 0.05) is 6.04 Å². The van der Waals surface area contributed by atoms with E-state index in [1.807, 2.05) is 32.2 Å². The van der Waals surface area contributed by atoms with E-state index in [1.54, 1.807) is 0 Å². The molecule has 1 aliphatic heterocycles. The number of aliphatic hydroxyl groups is 1. The average Bonchev–Trinajstić information content (AvgIpc) is 3.00. The van der Waals surface area contributed by atoms with Gasteiger partial charge in [-0.3, -0.25) is 9.69 Å². The minimum atomic E-state index is -0.926. The van der Waals surface area contributed by atoms with Crippen LogP contribution in [0.2, 0.25) is 0 Å². The van der Waals surface area contributed by atoms with Gasteiger partial charge >= 0.3 is 0 Å². The van der Waals surface area contributed by atoms with Crippen LogP contribution in [0.25, 0.3) is 0 Å². The molecule has 0 saturated heterocycles. The molecular weight excluding hydrogens is 310 g/mol. The van der Waals surface area contributed by atoms with E-state index in [4.69, 9.17) is 15.2 Å². The van der Waals surface area contributed by atoms with E-state index in [-0.39, 0.29) is 24.9 Å². The number of aliphatic hydroxyl groups excluding tert-OH is 1. The lowest BCUT2D eigenvalue weighted by atomic mass is 10.1. The van der Waals surface area contributed by atoms with Gasteiger partial charge in [0.15, 0.2) is 11.5 Å². The number of ether oxygens (including phenoxy) is 2. The fraction of sp³-hybridized carbons (Fsp3) is 0.588. The number of rotatable bonds is 7. The zero-order valence-electron chi connectivity index (χ0n) is 14.7. The molecule has 24 heavy (non-hydrogen) atoms. The van der Waals surface area contributed by atoms with Crippen LogP contribution in [-0.2, 0) is 11.2 Å². The highest BCUT2D eigenvalue weighted by molar-refractivity contribution is 5.82. The van der Waals surface area contributed by atoms with Gasteiger partial charge in [0.2, 0.25) is 12.7 Å². The number of hydrogen-bond donors (Lipinski definition) is 3. The van der Waals surface area contributed by atoms with E-state index in [9.17, 15) is 9.90 Å². The largest absolute Gasteiger partial charge is 0.454 e. The summed E-state index contributed by atoms with van der Waals surface area (Å²) in [5.41, 5.74) is 6.79. The number of nitrogens with two attached hydrogens (primary N) is 1. The molecule has 2 rings (SSSR count). The number of carbonyl (C=O) groups is 1. The zero-order valence-corrected chi connectivity index (χ0v) is 14.7. The number of hydrogen-bond acceptors (Lipinski definition) is 6. The first-order valence-electron chi connectivity index (χ1n) is 8.14. The maximum atomic E-state index is 12.0. The number of amides is 1. The highest BCUT2D eigenvalue weighted by Crippen LogP contribution is 2.32. The van der Waals surface area contributed by atoms with E-state index in [0.717, 1.165) is 23.5 Å². The van der Waals surface area contributed by atoms with Crippen LogP contribution in [0.5, 0.6) is 11.5 Å². The normalized spacial score (nSPS) is 18.1. The van der Waals surface area contributed by atoms with Crippen molar-refractivity contribution in [3.8, 4) is 11.5 Å². The summed E-state index contributed by atoms with van der Waals surface area (Å²) in [5.74, 6) is 1.18. The smallest absolute Gasteiger partial charge is 0.240 e. The molecule has 134 valence electrons. The minimum Gasteiger partial charge on any atom is -0.454 e. The number of benzene rings is 1. The lowest BCUT2D eigenvalue weighted by molar-refractivity contribution is -0.126. The minimum absolute atomic E-state index is 0.184. The number of likely N-dealkylation sites (N-methyl/N-ethyl adjacent to an activating group) is 1. The topological polar surface area (TPSA) is 97.0 Å². The van der Waals surface area contributed by atoms with Crippen LogP contribution in [0.3, 0.4) is 0 Å². The van der Waals surface area contributed by atoms with Gasteiger partial charge in [0.25, 0.3) is 0 Å².